The van der Waals surface area contributed by atoms with E-state index in [4.69, 9.17) is 4.74 Å². The molecule has 3 aromatic carbocycles. The predicted molar refractivity (Wildman–Crippen MR) is 184 cm³/mol. The van der Waals surface area contributed by atoms with Crippen LogP contribution in [0.4, 0.5) is 23.7 Å². The summed E-state index contributed by atoms with van der Waals surface area (Å²) in [6, 6.07) is 18.7. The third kappa shape index (κ3) is 8.19. The largest absolute Gasteiger partial charge is 0.573 e. The van der Waals surface area contributed by atoms with Crippen LogP contribution in [0, 0.1) is 0 Å². The molecule has 1 aliphatic rings. The third-order valence-corrected chi connectivity index (χ3v) is 8.98. The van der Waals surface area contributed by atoms with Crippen LogP contribution in [0.5, 0.6) is 11.5 Å². The van der Waals surface area contributed by atoms with E-state index >= 15 is 0 Å². The molecule has 0 radical (unpaired) electrons. The van der Waals surface area contributed by atoms with E-state index in [0.717, 1.165) is 45.9 Å². The molecule has 1 atom stereocenters. The van der Waals surface area contributed by atoms with Gasteiger partial charge in [0.15, 0.2) is 11.0 Å². The highest BCUT2D eigenvalue weighted by molar-refractivity contribution is 8.14. The van der Waals surface area contributed by atoms with Crippen molar-refractivity contribution < 1.29 is 27.4 Å². The number of hydrogen-bond donors (Lipinski definition) is 1. The number of amidine groups is 1. The highest BCUT2D eigenvalue weighted by atomic mass is 32.2. The van der Waals surface area contributed by atoms with Gasteiger partial charge in [-0.25, -0.2) is 14.5 Å². The number of halogens is 3. The molecular formula is C35H37F3N6O3S. The van der Waals surface area contributed by atoms with Crippen LogP contribution in [0.1, 0.15) is 58.1 Å². The zero-order valence-electron chi connectivity index (χ0n) is 27.5. The molecule has 1 fully saturated rings. The number of anilines is 1. The van der Waals surface area contributed by atoms with E-state index in [-0.39, 0.29) is 17.7 Å². The first kappa shape index (κ1) is 34.6. The molecule has 0 bridgehead atoms. The van der Waals surface area contributed by atoms with E-state index in [1.54, 1.807) is 18.9 Å². The Morgan fingerprint density at radius 3 is 2.38 bits per heavy atom. The molecule has 2 amide bonds. The number of carbonyl (C=O) groups excluding carboxylic acids is 1. The molecule has 48 heavy (non-hydrogen) atoms. The Bertz CT molecular complexity index is 1820. The fourth-order valence-corrected chi connectivity index (χ4v) is 6.46. The summed E-state index contributed by atoms with van der Waals surface area (Å²) in [5.74, 6) is 2.01. The molecule has 1 unspecified atom stereocenters. The molecule has 9 nitrogen and oxygen atoms in total. The molecular weight excluding hydrogens is 641 g/mol. The maximum absolute atomic E-state index is 13.2. The summed E-state index contributed by atoms with van der Waals surface area (Å²) in [6.45, 7) is 10.2. The second-order valence-corrected chi connectivity index (χ2v) is 12.7. The zero-order valence-corrected chi connectivity index (χ0v) is 28.3. The van der Waals surface area contributed by atoms with Crippen LogP contribution >= 0.6 is 11.8 Å². The van der Waals surface area contributed by atoms with Crippen molar-refractivity contribution in [3.8, 4) is 28.6 Å². The number of hydrogen-bond acceptors (Lipinski definition) is 6. The number of aromatic nitrogens is 3. The van der Waals surface area contributed by atoms with Crippen LogP contribution in [0.25, 0.3) is 22.6 Å². The molecule has 13 heteroatoms. The lowest BCUT2D eigenvalue weighted by Gasteiger charge is -2.37. The minimum Gasteiger partial charge on any atom is -0.497 e. The SMILES string of the molecule is COc1ccc(C(C)C)c(N2/C(=N/C(=O)N/C(C)=C(\C)c3ccc(-c4ncn(-c5ccc(OC(F)(F)F)cc5)n4)cc3)SCCC2C)c1. The topological polar surface area (TPSA) is 93.9 Å². The van der Waals surface area contributed by atoms with Gasteiger partial charge < -0.3 is 19.7 Å². The molecule has 252 valence electrons. The van der Waals surface area contributed by atoms with E-state index in [1.807, 2.05) is 50.2 Å². The Morgan fingerprint density at radius 1 is 1.04 bits per heavy atom. The van der Waals surface area contributed by atoms with Gasteiger partial charge in [0.1, 0.15) is 17.8 Å². The van der Waals surface area contributed by atoms with Crippen molar-refractivity contribution in [1.82, 2.24) is 20.1 Å². The Kier molecular flexibility index (Phi) is 10.5. The lowest BCUT2D eigenvalue weighted by molar-refractivity contribution is -0.274. The van der Waals surface area contributed by atoms with Gasteiger partial charge in [-0.3, -0.25) is 0 Å². The average Bonchev–Trinajstić information content (AvgIpc) is 3.54. The number of alkyl halides is 3. The van der Waals surface area contributed by atoms with Gasteiger partial charge in [-0.2, -0.15) is 4.99 Å². The molecule has 0 spiro atoms. The second kappa shape index (κ2) is 14.5. The summed E-state index contributed by atoms with van der Waals surface area (Å²) in [6.07, 6.45) is -2.32. The van der Waals surface area contributed by atoms with Gasteiger partial charge in [0, 0.05) is 29.1 Å². The summed E-state index contributed by atoms with van der Waals surface area (Å²) in [7, 11) is 1.65. The number of rotatable bonds is 8. The summed E-state index contributed by atoms with van der Waals surface area (Å²) < 4.78 is 48.3. The van der Waals surface area contributed by atoms with Crippen LogP contribution < -0.4 is 19.7 Å². The first-order valence-electron chi connectivity index (χ1n) is 15.4. The number of allylic oxidation sites excluding steroid dienone is 2. The number of thioether (sulfide) groups is 1. The van der Waals surface area contributed by atoms with Crippen LogP contribution in [0.15, 0.2) is 83.7 Å². The van der Waals surface area contributed by atoms with Gasteiger partial charge in [-0.1, -0.05) is 55.9 Å². The number of amides is 2. The lowest BCUT2D eigenvalue weighted by atomic mass is 9.99. The number of nitrogens with one attached hydrogen (secondary N) is 1. The molecule has 1 aromatic heterocycles. The fourth-order valence-electron chi connectivity index (χ4n) is 5.26. The Morgan fingerprint density at radius 2 is 1.73 bits per heavy atom. The van der Waals surface area contributed by atoms with Gasteiger partial charge in [0.05, 0.1) is 18.5 Å². The number of benzene rings is 3. The number of ether oxygens (including phenoxy) is 2. The van der Waals surface area contributed by atoms with Crippen molar-refractivity contribution in [3.05, 3.63) is 89.9 Å². The number of methoxy groups -OCH3 is 1. The summed E-state index contributed by atoms with van der Waals surface area (Å²) in [4.78, 5) is 24.3. The molecule has 5 rings (SSSR count). The molecule has 1 saturated heterocycles. The normalized spacial score (nSPS) is 16.6. The van der Waals surface area contributed by atoms with Crippen LogP contribution in [0.3, 0.4) is 0 Å². The number of carbonyl (C=O) groups is 1. The monoisotopic (exact) mass is 678 g/mol. The first-order chi connectivity index (χ1) is 22.8. The van der Waals surface area contributed by atoms with E-state index in [9.17, 15) is 18.0 Å². The van der Waals surface area contributed by atoms with Gasteiger partial charge in [-0.05, 0) is 80.1 Å². The van der Waals surface area contributed by atoms with E-state index < -0.39 is 12.4 Å². The van der Waals surface area contributed by atoms with Gasteiger partial charge in [0.25, 0.3) is 0 Å². The summed E-state index contributed by atoms with van der Waals surface area (Å²) in [5.41, 5.74) is 5.85. The average molecular weight is 679 g/mol. The minimum atomic E-state index is -4.76. The van der Waals surface area contributed by atoms with Gasteiger partial charge in [-0.15, -0.1) is 18.3 Å². The molecule has 0 aliphatic carbocycles. The van der Waals surface area contributed by atoms with Crippen LogP contribution in [-0.2, 0) is 0 Å². The van der Waals surface area contributed by atoms with Crippen LogP contribution in [-0.4, -0.2) is 51.2 Å². The first-order valence-corrected chi connectivity index (χ1v) is 16.4. The summed E-state index contributed by atoms with van der Waals surface area (Å²) in [5, 5.41) is 8.06. The number of urea groups is 1. The van der Waals surface area contributed by atoms with E-state index in [0.29, 0.717) is 22.4 Å². The van der Waals surface area contributed by atoms with Crippen molar-refractivity contribution in [1.29, 1.82) is 0 Å². The molecule has 1 aliphatic heterocycles. The molecule has 1 N–H and O–H groups in total. The minimum absolute atomic E-state index is 0.151. The van der Waals surface area contributed by atoms with Crippen molar-refractivity contribution in [3.63, 3.8) is 0 Å². The van der Waals surface area contributed by atoms with Gasteiger partial charge >= 0.3 is 12.4 Å². The molecule has 4 aromatic rings. The van der Waals surface area contributed by atoms with Crippen molar-refractivity contribution in [2.75, 3.05) is 17.8 Å². The number of nitrogens with zero attached hydrogens (tertiary/aromatic N) is 5. The van der Waals surface area contributed by atoms with E-state index in [2.05, 4.69) is 56.9 Å². The maximum atomic E-state index is 13.2. The predicted octanol–water partition coefficient (Wildman–Crippen LogP) is 8.81. The smallest absolute Gasteiger partial charge is 0.497 e. The Hall–Kier alpha value is -4.78. The quantitative estimate of drug-likeness (QED) is 0.199. The van der Waals surface area contributed by atoms with Gasteiger partial charge in [0.2, 0.25) is 0 Å². The van der Waals surface area contributed by atoms with Crippen LogP contribution in [0.2, 0.25) is 0 Å². The second-order valence-electron chi connectivity index (χ2n) is 11.6. The van der Waals surface area contributed by atoms with E-state index in [1.165, 1.54) is 35.3 Å². The van der Waals surface area contributed by atoms with Crippen molar-refractivity contribution >= 4 is 34.2 Å². The maximum Gasteiger partial charge on any atom is 0.573 e. The summed E-state index contributed by atoms with van der Waals surface area (Å²) >= 11 is 1.56. The lowest BCUT2D eigenvalue weighted by Crippen LogP contribution is -2.42. The standard InChI is InChI=1S/C35H37F3N6O3S/c1-21(2)30-16-15-29(46-6)19-31(30)44-22(3)17-18-48-34(44)41-33(45)40-24(5)23(4)25-7-9-26(10-8-25)32-39-20-43(42-32)27-11-13-28(14-12-27)47-35(36,37)38/h7-16,19-22H,17-18H2,1-6H3,(H,40,45)/b24-23+,41-34-. The highest BCUT2D eigenvalue weighted by Gasteiger charge is 2.31. The van der Waals surface area contributed by atoms with Crippen molar-refractivity contribution in [2.24, 2.45) is 4.99 Å². The highest BCUT2D eigenvalue weighted by Crippen LogP contribution is 2.37. The molecule has 0 saturated carbocycles. The fraction of sp³-hybridized carbons (Fsp3) is 0.314. The Balaban J connectivity index is 1.30. The molecule has 2 heterocycles. The Labute approximate surface area is 281 Å². The third-order valence-electron chi connectivity index (χ3n) is 7.99. The zero-order chi connectivity index (χ0) is 34.6. The number of aliphatic imine (C=N–C) groups is 1. The van der Waals surface area contributed by atoms with Crippen molar-refractivity contribution in [2.45, 2.75) is 59.4 Å².